The van der Waals surface area contributed by atoms with Crippen molar-refractivity contribution in [2.45, 2.75) is 13.0 Å². The van der Waals surface area contributed by atoms with E-state index in [4.69, 9.17) is 5.26 Å². The Morgan fingerprint density at radius 2 is 2.30 bits per heavy atom. The number of ether oxygens (including phenoxy) is 1. The van der Waals surface area contributed by atoms with Gasteiger partial charge < -0.3 is 9.84 Å². The molecule has 1 unspecified atom stereocenters. The zero-order valence-electron chi connectivity index (χ0n) is 10.9. The van der Waals surface area contributed by atoms with E-state index in [1.165, 1.54) is 18.1 Å². The van der Waals surface area contributed by atoms with Gasteiger partial charge in [-0.05, 0) is 19.1 Å². The molecular weight excluding hydrogens is 260 g/mol. The molecule has 7 heteroatoms. The summed E-state index contributed by atoms with van der Waals surface area (Å²) in [5.74, 6) is -0.745. The second-order valence-electron chi connectivity index (χ2n) is 4.07. The van der Waals surface area contributed by atoms with E-state index >= 15 is 0 Å². The average Bonchev–Trinajstić information content (AvgIpc) is 2.95. The van der Waals surface area contributed by atoms with E-state index in [9.17, 15) is 9.90 Å². The summed E-state index contributed by atoms with van der Waals surface area (Å²) in [4.78, 5) is 15.2. The smallest absolute Gasteiger partial charge is 0.377 e. The van der Waals surface area contributed by atoms with Gasteiger partial charge in [-0.1, -0.05) is 6.07 Å². The minimum Gasteiger partial charge on any atom is -0.463 e. The molecule has 1 aromatic heterocycles. The lowest BCUT2D eigenvalue weighted by atomic mass is 10.1. The van der Waals surface area contributed by atoms with Crippen LogP contribution in [0.25, 0.3) is 5.69 Å². The fourth-order valence-electron chi connectivity index (χ4n) is 1.73. The molecule has 0 radical (unpaired) electrons. The number of rotatable bonds is 3. The fraction of sp³-hybridized carbons (Fsp3) is 0.231. The molecule has 2 aromatic rings. The summed E-state index contributed by atoms with van der Waals surface area (Å²) in [6.45, 7) is 1.60. The monoisotopic (exact) mass is 272 g/mol. The number of carbonyl (C=O) groups is 1. The molecule has 102 valence electrons. The van der Waals surface area contributed by atoms with Crippen LogP contribution in [0.2, 0.25) is 0 Å². The van der Waals surface area contributed by atoms with Gasteiger partial charge in [0.05, 0.1) is 30.5 Å². The number of benzene rings is 1. The molecule has 7 nitrogen and oxygen atoms in total. The number of aliphatic hydroxyl groups excluding tert-OH is 1. The normalized spacial score (nSPS) is 11.7. The molecule has 2 rings (SSSR count). The Morgan fingerprint density at radius 3 is 2.90 bits per heavy atom. The molecule has 0 aliphatic carbocycles. The van der Waals surface area contributed by atoms with Gasteiger partial charge in [-0.3, -0.25) is 0 Å². The van der Waals surface area contributed by atoms with E-state index in [-0.39, 0.29) is 5.82 Å². The minimum atomic E-state index is -0.747. The van der Waals surface area contributed by atoms with Crippen LogP contribution < -0.4 is 0 Å². The van der Waals surface area contributed by atoms with Crippen LogP contribution >= 0.6 is 0 Å². The first kappa shape index (κ1) is 13.7. The van der Waals surface area contributed by atoms with Crippen LogP contribution in [0.1, 0.15) is 34.8 Å². The highest BCUT2D eigenvalue weighted by Crippen LogP contribution is 2.22. The Hall–Kier alpha value is -2.72. The minimum absolute atomic E-state index is 0.0913. The predicted octanol–water partition coefficient (Wildman–Crippen LogP) is 0.979. The first-order valence-electron chi connectivity index (χ1n) is 5.79. The third kappa shape index (κ3) is 2.50. The second kappa shape index (κ2) is 5.50. The van der Waals surface area contributed by atoms with Crippen molar-refractivity contribution >= 4 is 5.97 Å². The van der Waals surface area contributed by atoms with E-state index in [1.807, 2.05) is 6.07 Å². The van der Waals surface area contributed by atoms with Gasteiger partial charge in [0.2, 0.25) is 0 Å². The van der Waals surface area contributed by atoms with Gasteiger partial charge in [0.15, 0.2) is 0 Å². The fourth-order valence-corrected chi connectivity index (χ4v) is 1.73. The number of aromatic nitrogens is 3. The molecule has 1 atom stereocenters. The molecule has 1 N–H and O–H groups in total. The van der Waals surface area contributed by atoms with Crippen LogP contribution in [0.3, 0.4) is 0 Å². The first-order chi connectivity index (χ1) is 9.56. The van der Waals surface area contributed by atoms with E-state index < -0.39 is 12.1 Å². The van der Waals surface area contributed by atoms with Crippen molar-refractivity contribution in [2.75, 3.05) is 7.11 Å². The number of hydrogen-bond donors (Lipinski definition) is 1. The molecule has 0 aliphatic heterocycles. The van der Waals surface area contributed by atoms with E-state index in [2.05, 4.69) is 14.8 Å². The van der Waals surface area contributed by atoms with Gasteiger partial charge in [0, 0.05) is 5.56 Å². The number of carbonyl (C=O) groups excluding carboxylic acids is 1. The lowest BCUT2D eigenvalue weighted by molar-refractivity contribution is 0.0587. The zero-order chi connectivity index (χ0) is 14.7. The quantitative estimate of drug-likeness (QED) is 0.836. The van der Waals surface area contributed by atoms with E-state index in [0.29, 0.717) is 16.8 Å². The van der Waals surface area contributed by atoms with Crippen molar-refractivity contribution in [3.63, 3.8) is 0 Å². The maximum Gasteiger partial charge on any atom is 0.377 e. The van der Waals surface area contributed by atoms with Crippen LogP contribution in [-0.4, -0.2) is 33.0 Å². The lowest BCUT2D eigenvalue weighted by Crippen LogP contribution is -2.07. The van der Waals surface area contributed by atoms with Gasteiger partial charge in [-0.2, -0.15) is 5.26 Å². The highest BCUT2D eigenvalue weighted by Gasteiger charge is 2.16. The van der Waals surface area contributed by atoms with Crippen LogP contribution in [0, 0.1) is 11.3 Å². The average molecular weight is 272 g/mol. The molecule has 1 aromatic carbocycles. The lowest BCUT2D eigenvalue weighted by Gasteiger charge is -2.11. The van der Waals surface area contributed by atoms with Gasteiger partial charge >= 0.3 is 5.97 Å². The summed E-state index contributed by atoms with van der Waals surface area (Å²) in [5.41, 5.74) is 1.48. The summed E-state index contributed by atoms with van der Waals surface area (Å²) in [6, 6.07) is 6.81. The number of nitriles is 1. The largest absolute Gasteiger partial charge is 0.463 e. The van der Waals surface area contributed by atoms with Crippen molar-refractivity contribution in [3.8, 4) is 11.8 Å². The second-order valence-corrected chi connectivity index (χ2v) is 4.07. The molecular formula is C13H12N4O3. The maximum atomic E-state index is 11.3. The van der Waals surface area contributed by atoms with Crippen molar-refractivity contribution in [2.24, 2.45) is 0 Å². The molecule has 0 fully saturated rings. The number of nitrogens with zero attached hydrogens (tertiary/aromatic N) is 4. The molecule has 0 saturated heterocycles. The molecule has 1 heterocycles. The Kier molecular flexibility index (Phi) is 3.77. The van der Waals surface area contributed by atoms with Gasteiger partial charge in [0.1, 0.15) is 6.33 Å². The number of methoxy groups -OCH3 is 1. The van der Waals surface area contributed by atoms with Crippen molar-refractivity contribution in [1.29, 1.82) is 5.26 Å². The zero-order valence-corrected chi connectivity index (χ0v) is 10.9. The molecule has 0 bridgehead atoms. The number of aliphatic hydroxyl groups is 1. The number of hydrogen-bond acceptors (Lipinski definition) is 6. The topological polar surface area (TPSA) is 101 Å². The Balaban J connectivity index is 2.53. The summed E-state index contributed by atoms with van der Waals surface area (Å²) < 4.78 is 5.86. The van der Waals surface area contributed by atoms with E-state index in [0.717, 1.165) is 0 Å². The molecule has 0 amide bonds. The summed E-state index contributed by atoms with van der Waals surface area (Å²) in [7, 11) is 1.24. The van der Waals surface area contributed by atoms with Gasteiger partial charge in [0.25, 0.3) is 5.82 Å². The molecule has 0 saturated carbocycles. The van der Waals surface area contributed by atoms with Crippen LogP contribution in [-0.2, 0) is 4.74 Å². The van der Waals surface area contributed by atoms with Crippen LogP contribution in [0.5, 0.6) is 0 Å². The van der Waals surface area contributed by atoms with Gasteiger partial charge in [-0.15, -0.1) is 5.10 Å². The third-order valence-electron chi connectivity index (χ3n) is 2.72. The molecule has 0 aliphatic rings. The van der Waals surface area contributed by atoms with Crippen LogP contribution in [0.4, 0.5) is 0 Å². The third-order valence-corrected chi connectivity index (χ3v) is 2.72. The Bertz CT molecular complexity index is 685. The summed E-state index contributed by atoms with van der Waals surface area (Å²) in [6.07, 6.45) is 0.581. The van der Waals surface area contributed by atoms with Crippen LogP contribution in [0.15, 0.2) is 24.5 Å². The predicted molar refractivity (Wildman–Crippen MR) is 68.0 cm³/mol. The number of esters is 1. The highest BCUT2D eigenvalue weighted by atomic mass is 16.5. The highest BCUT2D eigenvalue weighted by molar-refractivity contribution is 5.84. The Morgan fingerprint density at radius 1 is 1.55 bits per heavy atom. The van der Waals surface area contributed by atoms with Gasteiger partial charge in [-0.25, -0.2) is 14.5 Å². The molecule has 20 heavy (non-hydrogen) atoms. The van der Waals surface area contributed by atoms with Crippen molar-refractivity contribution in [1.82, 2.24) is 14.8 Å². The van der Waals surface area contributed by atoms with Crippen molar-refractivity contribution < 1.29 is 14.6 Å². The van der Waals surface area contributed by atoms with E-state index in [1.54, 1.807) is 25.1 Å². The van der Waals surface area contributed by atoms with Crippen molar-refractivity contribution in [3.05, 3.63) is 41.5 Å². The summed E-state index contributed by atoms with van der Waals surface area (Å²) >= 11 is 0. The first-order valence-corrected chi connectivity index (χ1v) is 5.79. The SMILES string of the molecule is COC(=O)c1ncn(-c2cc(C#N)ccc2C(C)O)n1. The maximum absolute atomic E-state index is 11.3. The summed E-state index contributed by atoms with van der Waals surface area (Å²) in [5, 5.41) is 22.7. The standard InChI is InChI=1S/C13H12N4O3/c1-8(18)10-4-3-9(6-14)5-11(10)17-7-15-12(16-17)13(19)20-2/h3-5,7-8,18H,1-2H3. The Labute approximate surface area is 115 Å². The molecule has 0 spiro atoms.